The molecular formula is C7H11. The average Bonchev–Trinajstić information content (AvgIpc) is 1.69. The first-order valence-electron chi connectivity index (χ1n) is 2.56. The molecule has 1 radical (unpaired) electrons. The Balaban J connectivity index is 2.82. The lowest BCUT2D eigenvalue weighted by Gasteiger charge is -1.79. The van der Waals surface area contributed by atoms with Crippen molar-refractivity contribution >= 4 is 0 Å². The molecule has 0 fully saturated rings. The Labute approximate surface area is 45.5 Å². The minimum Gasteiger partial charge on any atom is -0.0917 e. The van der Waals surface area contributed by atoms with Gasteiger partial charge in [-0.05, 0) is 19.8 Å². The molecule has 0 saturated carbocycles. The Bertz CT molecular complexity index is 60.4. The fourth-order valence-corrected chi connectivity index (χ4v) is 0.359. The van der Waals surface area contributed by atoms with E-state index in [4.69, 9.17) is 6.58 Å². The molecular weight excluding hydrogens is 84.1 g/mol. The average molecular weight is 95.2 g/mol. The molecule has 0 aliphatic carbocycles. The van der Waals surface area contributed by atoms with Gasteiger partial charge in [0, 0.05) is 0 Å². The van der Waals surface area contributed by atoms with Crippen LogP contribution in [0.1, 0.15) is 19.8 Å². The molecule has 0 aliphatic heterocycles. The maximum Gasteiger partial charge on any atom is -0.0313 e. The van der Waals surface area contributed by atoms with Crippen molar-refractivity contribution < 1.29 is 0 Å². The summed E-state index contributed by atoms with van der Waals surface area (Å²) in [5.41, 5.74) is 0. The van der Waals surface area contributed by atoms with Gasteiger partial charge >= 0.3 is 0 Å². The van der Waals surface area contributed by atoms with Crippen molar-refractivity contribution in [3.8, 4) is 0 Å². The maximum atomic E-state index is 5.11. The van der Waals surface area contributed by atoms with Crippen LogP contribution in [0.2, 0.25) is 0 Å². The van der Waals surface area contributed by atoms with Crippen LogP contribution < -0.4 is 0 Å². The molecule has 39 valence electrons. The maximum absolute atomic E-state index is 5.11. The Morgan fingerprint density at radius 2 is 2.14 bits per heavy atom. The van der Waals surface area contributed by atoms with Gasteiger partial charge in [0.2, 0.25) is 0 Å². The SMILES string of the molecule is [CH]=CCCC=CC. The van der Waals surface area contributed by atoms with Gasteiger partial charge in [-0.3, -0.25) is 0 Å². The molecule has 0 aromatic rings. The second kappa shape index (κ2) is 5.48. The highest BCUT2D eigenvalue weighted by molar-refractivity contribution is 4.79. The van der Waals surface area contributed by atoms with Gasteiger partial charge in [-0.25, -0.2) is 0 Å². The molecule has 7 heavy (non-hydrogen) atoms. The summed E-state index contributed by atoms with van der Waals surface area (Å²) in [5, 5.41) is 0. The van der Waals surface area contributed by atoms with E-state index in [0.29, 0.717) is 0 Å². The zero-order chi connectivity index (χ0) is 5.54. The Morgan fingerprint density at radius 1 is 1.43 bits per heavy atom. The van der Waals surface area contributed by atoms with Crippen molar-refractivity contribution in [2.75, 3.05) is 0 Å². The van der Waals surface area contributed by atoms with Crippen LogP contribution in [0.25, 0.3) is 0 Å². The third-order valence-electron chi connectivity index (χ3n) is 0.736. The van der Waals surface area contributed by atoms with E-state index in [1.807, 2.05) is 13.0 Å². The van der Waals surface area contributed by atoms with Crippen LogP contribution in [0.4, 0.5) is 0 Å². The highest BCUT2D eigenvalue weighted by atomic mass is 13.7. The first-order valence-corrected chi connectivity index (χ1v) is 2.56. The number of hydrogen-bond donors (Lipinski definition) is 0. The summed E-state index contributed by atoms with van der Waals surface area (Å²) in [6.45, 7) is 7.12. The summed E-state index contributed by atoms with van der Waals surface area (Å²) in [6, 6.07) is 0. The smallest absolute Gasteiger partial charge is 0.0313 e. The van der Waals surface area contributed by atoms with Crippen molar-refractivity contribution in [3.63, 3.8) is 0 Å². The lowest BCUT2D eigenvalue weighted by Crippen LogP contribution is -1.58. The molecule has 0 aliphatic rings. The van der Waals surface area contributed by atoms with Gasteiger partial charge in [-0.2, -0.15) is 0 Å². The summed E-state index contributed by atoms with van der Waals surface area (Å²) in [7, 11) is 0. The lowest BCUT2D eigenvalue weighted by molar-refractivity contribution is 1.05. The molecule has 0 bridgehead atoms. The monoisotopic (exact) mass is 95.1 g/mol. The fourth-order valence-electron chi connectivity index (χ4n) is 0.359. The Kier molecular flexibility index (Phi) is 5.07. The standard InChI is InChI=1S/C7H11/c1-3-5-7-6-4-2/h1,3-4,6H,5,7H2,2H3. The summed E-state index contributed by atoms with van der Waals surface area (Å²) in [6.07, 6.45) is 7.88. The van der Waals surface area contributed by atoms with Crippen LogP contribution in [0, 0.1) is 6.58 Å². The number of unbranched alkanes of at least 4 members (excludes halogenated alkanes) is 1. The molecule has 0 N–H and O–H groups in total. The third-order valence-corrected chi connectivity index (χ3v) is 0.736. The van der Waals surface area contributed by atoms with Crippen LogP contribution in [-0.4, -0.2) is 0 Å². The van der Waals surface area contributed by atoms with Crippen LogP contribution >= 0.6 is 0 Å². The summed E-state index contributed by atoms with van der Waals surface area (Å²) < 4.78 is 0. The minimum atomic E-state index is 0.990. The van der Waals surface area contributed by atoms with E-state index in [1.165, 1.54) is 0 Å². The molecule has 0 unspecified atom stereocenters. The minimum absolute atomic E-state index is 0.990. The fraction of sp³-hybridized carbons (Fsp3) is 0.429. The van der Waals surface area contributed by atoms with Gasteiger partial charge in [0.1, 0.15) is 0 Å². The quantitative estimate of drug-likeness (QED) is 0.373. The molecule has 0 spiro atoms. The lowest BCUT2D eigenvalue weighted by atomic mass is 10.3. The van der Waals surface area contributed by atoms with E-state index in [-0.39, 0.29) is 0 Å². The van der Waals surface area contributed by atoms with Crippen molar-refractivity contribution in [2.24, 2.45) is 0 Å². The largest absolute Gasteiger partial charge is 0.0917 e. The van der Waals surface area contributed by atoms with Crippen LogP contribution in [0.15, 0.2) is 18.2 Å². The summed E-state index contributed by atoms with van der Waals surface area (Å²) in [4.78, 5) is 0. The van der Waals surface area contributed by atoms with Gasteiger partial charge in [0.05, 0.1) is 0 Å². The zero-order valence-corrected chi connectivity index (χ0v) is 4.72. The third kappa shape index (κ3) is 5.48. The van der Waals surface area contributed by atoms with Crippen molar-refractivity contribution in [2.45, 2.75) is 19.8 Å². The van der Waals surface area contributed by atoms with Crippen LogP contribution in [-0.2, 0) is 0 Å². The number of allylic oxidation sites excluding steroid dienone is 3. The molecule has 0 aromatic heterocycles. The van der Waals surface area contributed by atoms with E-state index < -0.39 is 0 Å². The predicted molar refractivity (Wildman–Crippen MR) is 32.9 cm³/mol. The van der Waals surface area contributed by atoms with Crippen LogP contribution in [0.3, 0.4) is 0 Å². The molecule has 0 heteroatoms. The van der Waals surface area contributed by atoms with Crippen molar-refractivity contribution in [1.82, 2.24) is 0 Å². The van der Waals surface area contributed by atoms with E-state index in [9.17, 15) is 0 Å². The van der Waals surface area contributed by atoms with Gasteiger partial charge in [0.25, 0.3) is 0 Å². The van der Waals surface area contributed by atoms with Crippen molar-refractivity contribution in [3.05, 3.63) is 24.8 Å². The summed E-state index contributed by atoms with van der Waals surface area (Å²) in [5.74, 6) is 0. The molecule has 0 aromatic carbocycles. The topological polar surface area (TPSA) is 0 Å². The van der Waals surface area contributed by atoms with Gasteiger partial charge in [0.15, 0.2) is 0 Å². The number of hydrogen-bond acceptors (Lipinski definition) is 0. The first-order chi connectivity index (χ1) is 3.41. The second-order valence-electron chi connectivity index (χ2n) is 1.38. The van der Waals surface area contributed by atoms with Crippen molar-refractivity contribution in [1.29, 1.82) is 0 Å². The Hall–Kier alpha value is -0.520. The van der Waals surface area contributed by atoms with E-state index in [1.54, 1.807) is 6.08 Å². The predicted octanol–water partition coefficient (Wildman–Crippen LogP) is 2.33. The molecule has 0 rings (SSSR count). The Morgan fingerprint density at radius 3 is 2.57 bits per heavy atom. The first kappa shape index (κ1) is 6.48. The highest BCUT2D eigenvalue weighted by Crippen LogP contribution is 1.88. The highest BCUT2D eigenvalue weighted by Gasteiger charge is 1.68. The second-order valence-corrected chi connectivity index (χ2v) is 1.38. The molecule has 0 atom stereocenters. The van der Waals surface area contributed by atoms with E-state index in [0.717, 1.165) is 12.8 Å². The number of rotatable bonds is 3. The van der Waals surface area contributed by atoms with E-state index in [2.05, 4.69) is 6.08 Å². The molecule has 0 nitrogen and oxygen atoms in total. The summed E-state index contributed by atoms with van der Waals surface area (Å²) >= 11 is 0. The normalized spacial score (nSPS) is 9.86. The van der Waals surface area contributed by atoms with Gasteiger partial charge in [-0.15, -0.1) is 0 Å². The molecule has 0 saturated heterocycles. The molecule has 0 amide bonds. The van der Waals surface area contributed by atoms with Gasteiger partial charge < -0.3 is 0 Å². The molecule has 0 heterocycles. The van der Waals surface area contributed by atoms with E-state index >= 15 is 0 Å². The van der Waals surface area contributed by atoms with Crippen LogP contribution in [0.5, 0.6) is 0 Å². The van der Waals surface area contributed by atoms with Gasteiger partial charge in [-0.1, -0.05) is 24.8 Å². The zero-order valence-electron chi connectivity index (χ0n) is 4.72.